The van der Waals surface area contributed by atoms with Crippen LogP contribution < -0.4 is 0 Å². The summed E-state index contributed by atoms with van der Waals surface area (Å²) < 4.78 is 1.84. The third kappa shape index (κ3) is 0.887. The Labute approximate surface area is 69.5 Å². The first-order chi connectivity index (χ1) is 5.83. The molecule has 4 nitrogen and oxygen atoms in total. The van der Waals surface area contributed by atoms with Crippen LogP contribution in [0.2, 0.25) is 0 Å². The normalized spacial score (nSPS) is 10.8. The van der Waals surface area contributed by atoms with Crippen LogP contribution in [0.5, 0.6) is 0 Å². The van der Waals surface area contributed by atoms with E-state index in [4.69, 9.17) is 5.11 Å². The number of fused-ring (bicyclic) bond motifs is 1. The molecule has 0 atom stereocenters. The lowest BCUT2D eigenvalue weighted by atomic mass is 10.4. The molecule has 12 heavy (non-hydrogen) atoms. The van der Waals surface area contributed by atoms with Gasteiger partial charge in [0.2, 0.25) is 0 Å². The van der Waals surface area contributed by atoms with Gasteiger partial charge in [0.25, 0.3) is 0 Å². The Hall–Kier alpha value is -1.42. The van der Waals surface area contributed by atoms with E-state index >= 15 is 0 Å². The summed E-state index contributed by atoms with van der Waals surface area (Å²) in [5, 5.41) is 8.92. The van der Waals surface area contributed by atoms with Gasteiger partial charge in [0.15, 0.2) is 0 Å². The fourth-order valence-electron chi connectivity index (χ4n) is 1.23. The molecule has 2 rings (SSSR count). The van der Waals surface area contributed by atoms with E-state index in [9.17, 15) is 0 Å². The van der Waals surface area contributed by atoms with Gasteiger partial charge < -0.3 is 9.67 Å². The molecule has 1 N–H and O–H groups in total. The van der Waals surface area contributed by atoms with E-state index in [-0.39, 0.29) is 6.61 Å². The molecule has 0 aliphatic heterocycles. The number of aliphatic hydroxyl groups excluding tert-OH is 1. The number of hydrogen-bond acceptors (Lipinski definition) is 3. The van der Waals surface area contributed by atoms with Crippen molar-refractivity contribution >= 4 is 11.0 Å². The Balaban J connectivity index is 2.78. The summed E-state index contributed by atoms with van der Waals surface area (Å²) in [5.74, 6) is 0.665. The summed E-state index contributed by atoms with van der Waals surface area (Å²) in [6.45, 7) is -0.0365. The summed E-state index contributed by atoms with van der Waals surface area (Å²) in [4.78, 5) is 8.18. The van der Waals surface area contributed by atoms with E-state index in [2.05, 4.69) is 9.97 Å². The molecule has 0 spiro atoms. The molecule has 2 aromatic heterocycles. The van der Waals surface area contributed by atoms with Crippen molar-refractivity contribution in [3.63, 3.8) is 0 Å². The fraction of sp³-hybridized carbons (Fsp3) is 0.250. The van der Waals surface area contributed by atoms with Crippen molar-refractivity contribution in [1.29, 1.82) is 0 Å². The summed E-state index contributed by atoms with van der Waals surface area (Å²) in [6, 6.07) is 1.83. The van der Waals surface area contributed by atoms with Crippen molar-refractivity contribution in [3.8, 4) is 0 Å². The van der Waals surface area contributed by atoms with Crippen LogP contribution in [0.3, 0.4) is 0 Å². The van der Waals surface area contributed by atoms with E-state index in [1.165, 1.54) is 0 Å². The molecular formula is C8H9N3O. The highest BCUT2D eigenvalue weighted by molar-refractivity contribution is 5.74. The minimum absolute atomic E-state index is 0.0365. The maximum absolute atomic E-state index is 8.92. The highest BCUT2D eigenvalue weighted by atomic mass is 16.3. The van der Waals surface area contributed by atoms with Gasteiger partial charge >= 0.3 is 0 Å². The number of nitrogens with zero attached hydrogens (tertiary/aromatic N) is 3. The van der Waals surface area contributed by atoms with Crippen molar-refractivity contribution in [2.75, 3.05) is 0 Å². The molecule has 0 unspecified atom stereocenters. The van der Waals surface area contributed by atoms with Crippen LogP contribution in [0.15, 0.2) is 18.5 Å². The molecule has 2 aromatic rings. The number of aliphatic hydroxyl groups is 1. The summed E-state index contributed by atoms with van der Waals surface area (Å²) in [7, 11) is 1.86. The maximum atomic E-state index is 8.92. The number of aryl methyl sites for hydroxylation is 1. The molecule has 0 aliphatic rings. The van der Waals surface area contributed by atoms with Gasteiger partial charge in [0, 0.05) is 13.2 Å². The van der Waals surface area contributed by atoms with Gasteiger partial charge in [-0.3, -0.25) is 4.98 Å². The van der Waals surface area contributed by atoms with Gasteiger partial charge in [-0.1, -0.05) is 0 Å². The van der Waals surface area contributed by atoms with Gasteiger partial charge in [-0.25, -0.2) is 4.98 Å². The first-order valence-electron chi connectivity index (χ1n) is 3.69. The van der Waals surface area contributed by atoms with Crippen LogP contribution in [0, 0.1) is 0 Å². The maximum Gasteiger partial charge on any atom is 0.135 e. The van der Waals surface area contributed by atoms with Crippen LogP contribution in [0.4, 0.5) is 0 Å². The summed E-state index contributed by atoms with van der Waals surface area (Å²) in [6.07, 6.45) is 3.43. The second kappa shape index (κ2) is 2.57. The second-order valence-corrected chi connectivity index (χ2v) is 2.61. The molecule has 0 bridgehead atoms. The molecule has 2 heterocycles. The van der Waals surface area contributed by atoms with Gasteiger partial charge in [-0.15, -0.1) is 0 Å². The third-order valence-electron chi connectivity index (χ3n) is 1.92. The Morgan fingerprint density at radius 1 is 1.58 bits per heavy atom. The lowest BCUT2D eigenvalue weighted by molar-refractivity contribution is 0.268. The van der Waals surface area contributed by atoms with Crippen LogP contribution in [-0.4, -0.2) is 19.6 Å². The van der Waals surface area contributed by atoms with Gasteiger partial charge in [0.1, 0.15) is 12.4 Å². The SMILES string of the molecule is Cn1c(CO)nc2ccncc21. The van der Waals surface area contributed by atoms with Crippen molar-refractivity contribution in [3.05, 3.63) is 24.3 Å². The van der Waals surface area contributed by atoms with Gasteiger partial charge in [0.05, 0.1) is 17.2 Å². The van der Waals surface area contributed by atoms with E-state index in [1.807, 2.05) is 17.7 Å². The number of aromatic nitrogens is 3. The van der Waals surface area contributed by atoms with Crippen molar-refractivity contribution in [2.45, 2.75) is 6.61 Å². The summed E-state index contributed by atoms with van der Waals surface area (Å²) >= 11 is 0. The van der Waals surface area contributed by atoms with E-state index in [1.54, 1.807) is 12.4 Å². The van der Waals surface area contributed by atoms with Crippen LogP contribution >= 0.6 is 0 Å². The average Bonchev–Trinajstić information content (AvgIpc) is 2.44. The topological polar surface area (TPSA) is 50.9 Å². The molecular weight excluding hydrogens is 154 g/mol. The minimum atomic E-state index is -0.0365. The van der Waals surface area contributed by atoms with Crippen LogP contribution in [0.25, 0.3) is 11.0 Å². The molecule has 0 amide bonds. The fourth-order valence-corrected chi connectivity index (χ4v) is 1.23. The predicted octanol–water partition coefficient (Wildman–Crippen LogP) is 0.461. The second-order valence-electron chi connectivity index (χ2n) is 2.61. The number of pyridine rings is 1. The Kier molecular flexibility index (Phi) is 1.55. The number of hydrogen-bond donors (Lipinski definition) is 1. The monoisotopic (exact) mass is 163 g/mol. The zero-order chi connectivity index (χ0) is 8.55. The largest absolute Gasteiger partial charge is 0.388 e. The highest BCUT2D eigenvalue weighted by Gasteiger charge is 2.04. The zero-order valence-corrected chi connectivity index (χ0v) is 6.73. The minimum Gasteiger partial charge on any atom is -0.388 e. The quantitative estimate of drug-likeness (QED) is 0.664. The lowest BCUT2D eigenvalue weighted by Gasteiger charge is -1.95. The zero-order valence-electron chi connectivity index (χ0n) is 6.73. The Bertz CT molecular complexity index is 408. The number of imidazole rings is 1. The van der Waals surface area contributed by atoms with E-state index in [0.717, 1.165) is 11.0 Å². The van der Waals surface area contributed by atoms with Crippen molar-refractivity contribution in [1.82, 2.24) is 14.5 Å². The van der Waals surface area contributed by atoms with Gasteiger partial charge in [-0.05, 0) is 6.07 Å². The first kappa shape index (κ1) is 7.24. The molecule has 0 saturated carbocycles. The first-order valence-corrected chi connectivity index (χ1v) is 3.69. The average molecular weight is 163 g/mol. The molecule has 0 saturated heterocycles. The molecule has 0 aliphatic carbocycles. The summed E-state index contributed by atoms with van der Waals surface area (Å²) in [5.41, 5.74) is 1.82. The molecule has 62 valence electrons. The molecule has 0 fully saturated rings. The molecule has 0 aromatic carbocycles. The predicted molar refractivity (Wildman–Crippen MR) is 44.4 cm³/mol. The highest BCUT2D eigenvalue weighted by Crippen LogP contribution is 2.12. The van der Waals surface area contributed by atoms with Crippen molar-refractivity contribution < 1.29 is 5.11 Å². The lowest BCUT2D eigenvalue weighted by Crippen LogP contribution is -1.96. The van der Waals surface area contributed by atoms with Gasteiger partial charge in [-0.2, -0.15) is 0 Å². The molecule has 0 radical (unpaired) electrons. The van der Waals surface area contributed by atoms with Crippen LogP contribution in [-0.2, 0) is 13.7 Å². The Morgan fingerprint density at radius 2 is 2.42 bits per heavy atom. The molecule has 4 heteroatoms. The third-order valence-corrected chi connectivity index (χ3v) is 1.92. The standard InChI is InChI=1S/C8H9N3O/c1-11-7-4-9-3-2-6(7)10-8(11)5-12/h2-4,12H,5H2,1H3. The van der Waals surface area contributed by atoms with E-state index < -0.39 is 0 Å². The van der Waals surface area contributed by atoms with E-state index in [0.29, 0.717) is 5.82 Å². The Morgan fingerprint density at radius 3 is 3.08 bits per heavy atom. The van der Waals surface area contributed by atoms with Crippen LogP contribution in [0.1, 0.15) is 5.82 Å². The number of rotatable bonds is 1. The smallest absolute Gasteiger partial charge is 0.135 e. The van der Waals surface area contributed by atoms with Crippen molar-refractivity contribution in [2.24, 2.45) is 7.05 Å².